The van der Waals surface area contributed by atoms with Gasteiger partial charge in [-0.2, -0.15) is 0 Å². The molecule has 0 saturated heterocycles. The normalized spacial score (nSPS) is 14.1. The topological polar surface area (TPSA) is 15.3 Å². The van der Waals surface area contributed by atoms with Crippen molar-refractivity contribution in [3.8, 4) is 0 Å². The minimum Gasteiger partial charge on any atom is -0.316 e. The molecule has 0 fully saturated rings. The van der Waals surface area contributed by atoms with Crippen LogP contribution in [0.1, 0.15) is 34.1 Å². The number of nitrogens with one attached hydrogen (secondary N) is 1. The van der Waals surface area contributed by atoms with E-state index in [0.29, 0.717) is 6.04 Å². The molecule has 0 spiro atoms. The third kappa shape index (κ3) is 6.05. The molecule has 1 N–H and O–H groups in total. The van der Waals surface area contributed by atoms with Crippen molar-refractivity contribution in [3.05, 3.63) is 0 Å². The maximum Gasteiger partial charge on any atom is 0.0189 e. The summed E-state index contributed by atoms with van der Waals surface area (Å²) in [4.78, 5) is 2.52. The molecule has 0 aromatic heterocycles. The van der Waals surface area contributed by atoms with E-state index in [1.165, 1.54) is 19.5 Å². The third-order valence-corrected chi connectivity index (χ3v) is 2.45. The van der Waals surface area contributed by atoms with Gasteiger partial charge in [0.2, 0.25) is 0 Å². The second-order valence-corrected chi connectivity index (χ2v) is 4.14. The molecule has 0 bridgehead atoms. The zero-order valence-corrected chi connectivity index (χ0v) is 9.93. The van der Waals surface area contributed by atoms with Crippen LogP contribution in [0.15, 0.2) is 0 Å². The van der Waals surface area contributed by atoms with Gasteiger partial charge in [-0.25, -0.2) is 0 Å². The highest BCUT2D eigenvalue weighted by Crippen LogP contribution is 2.01. The Kier molecular flexibility index (Phi) is 7.29. The van der Waals surface area contributed by atoms with Crippen LogP contribution in [-0.2, 0) is 0 Å². The minimum absolute atomic E-state index is 0.652. The average Bonchev–Trinajstić information content (AvgIpc) is 2.11. The lowest BCUT2D eigenvalue weighted by atomic mass is 10.1. The van der Waals surface area contributed by atoms with Gasteiger partial charge in [0, 0.05) is 19.1 Å². The summed E-state index contributed by atoms with van der Waals surface area (Å²) in [7, 11) is 2.05. The van der Waals surface area contributed by atoms with Gasteiger partial charge < -0.3 is 10.2 Å². The molecule has 0 amide bonds. The van der Waals surface area contributed by atoms with Gasteiger partial charge in [0.05, 0.1) is 0 Å². The van der Waals surface area contributed by atoms with Gasteiger partial charge in [0.15, 0.2) is 0 Å². The summed E-state index contributed by atoms with van der Waals surface area (Å²) >= 11 is 0. The Hall–Kier alpha value is -0.0800. The fraction of sp³-hybridized carbons (Fsp3) is 1.00. The summed E-state index contributed by atoms with van der Waals surface area (Å²) in [6, 6.07) is 0.652. The second-order valence-electron chi connectivity index (χ2n) is 4.14. The zero-order valence-electron chi connectivity index (χ0n) is 9.93. The second kappa shape index (κ2) is 7.34. The molecule has 0 aliphatic rings. The Morgan fingerprint density at radius 3 is 2.08 bits per heavy atom. The molecule has 0 rings (SSSR count). The molecule has 13 heavy (non-hydrogen) atoms. The zero-order chi connectivity index (χ0) is 10.3. The first-order chi connectivity index (χ1) is 6.13. The van der Waals surface area contributed by atoms with E-state index in [9.17, 15) is 0 Å². The van der Waals surface area contributed by atoms with Gasteiger partial charge >= 0.3 is 0 Å². The van der Waals surface area contributed by atoms with Crippen LogP contribution in [-0.4, -0.2) is 37.6 Å². The Bertz CT molecular complexity index is 109. The predicted octanol–water partition coefficient (Wildman–Crippen LogP) is 1.96. The Morgan fingerprint density at radius 1 is 1.15 bits per heavy atom. The predicted molar refractivity (Wildman–Crippen MR) is 60.1 cm³/mol. The van der Waals surface area contributed by atoms with Crippen molar-refractivity contribution in [1.29, 1.82) is 0 Å². The highest BCUT2D eigenvalue weighted by atomic mass is 15.1. The highest BCUT2D eigenvalue weighted by Gasteiger charge is 2.10. The standard InChI is InChI=1S/C11H26N2/c1-6-11(12-5)9-13(7-2)8-10(3)4/h10-12H,6-9H2,1-5H3. The van der Waals surface area contributed by atoms with E-state index in [4.69, 9.17) is 0 Å². The molecule has 80 valence electrons. The van der Waals surface area contributed by atoms with Gasteiger partial charge in [-0.05, 0) is 25.9 Å². The lowest BCUT2D eigenvalue weighted by molar-refractivity contribution is 0.229. The smallest absolute Gasteiger partial charge is 0.0189 e. The Labute approximate surface area is 83.7 Å². The van der Waals surface area contributed by atoms with E-state index < -0.39 is 0 Å². The molecular weight excluding hydrogens is 160 g/mol. The van der Waals surface area contributed by atoms with E-state index in [1.807, 2.05) is 0 Å². The average molecular weight is 186 g/mol. The highest BCUT2D eigenvalue weighted by molar-refractivity contribution is 4.69. The number of hydrogen-bond acceptors (Lipinski definition) is 2. The molecule has 0 saturated carbocycles. The maximum atomic E-state index is 3.35. The first kappa shape index (κ1) is 12.9. The van der Waals surface area contributed by atoms with Crippen LogP contribution < -0.4 is 5.32 Å². The Morgan fingerprint density at radius 2 is 1.77 bits per heavy atom. The van der Waals surface area contributed by atoms with Crippen LogP contribution in [0.2, 0.25) is 0 Å². The summed E-state index contributed by atoms with van der Waals surface area (Å²) in [5, 5.41) is 3.35. The van der Waals surface area contributed by atoms with Crippen molar-refractivity contribution in [2.45, 2.75) is 40.2 Å². The van der Waals surface area contributed by atoms with Crippen molar-refractivity contribution in [2.24, 2.45) is 5.92 Å². The van der Waals surface area contributed by atoms with Crippen LogP contribution in [0.5, 0.6) is 0 Å². The van der Waals surface area contributed by atoms with E-state index in [2.05, 4.69) is 45.0 Å². The number of rotatable bonds is 7. The van der Waals surface area contributed by atoms with Crippen LogP contribution >= 0.6 is 0 Å². The van der Waals surface area contributed by atoms with Crippen molar-refractivity contribution < 1.29 is 0 Å². The van der Waals surface area contributed by atoms with Crippen molar-refractivity contribution in [1.82, 2.24) is 10.2 Å². The summed E-state index contributed by atoms with van der Waals surface area (Å²) < 4.78 is 0. The van der Waals surface area contributed by atoms with Crippen LogP contribution in [0.4, 0.5) is 0 Å². The fourth-order valence-corrected chi connectivity index (χ4v) is 1.59. The quantitative estimate of drug-likeness (QED) is 0.654. The minimum atomic E-state index is 0.652. The fourth-order valence-electron chi connectivity index (χ4n) is 1.59. The first-order valence-electron chi connectivity index (χ1n) is 5.53. The largest absolute Gasteiger partial charge is 0.316 e. The maximum absolute atomic E-state index is 3.35. The van der Waals surface area contributed by atoms with E-state index in [0.717, 1.165) is 12.5 Å². The molecule has 0 aliphatic carbocycles. The molecule has 0 radical (unpaired) electrons. The monoisotopic (exact) mass is 186 g/mol. The molecule has 1 unspecified atom stereocenters. The molecule has 0 aromatic rings. The van der Waals surface area contributed by atoms with Crippen LogP contribution in [0, 0.1) is 5.92 Å². The molecule has 2 nitrogen and oxygen atoms in total. The van der Waals surface area contributed by atoms with Crippen molar-refractivity contribution >= 4 is 0 Å². The van der Waals surface area contributed by atoms with E-state index in [1.54, 1.807) is 0 Å². The van der Waals surface area contributed by atoms with Gasteiger partial charge in [-0.3, -0.25) is 0 Å². The van der Waals surface area contributed by atoms with E-state index >= 15 is 0 Å². The summed E-state index contributed by atoms with van der Waals surface area (Å²) in [6.07, 6.45) is 1.21. The van der Waals surface area contributed by atoms with Gasteiger partial charge in [0.1, 0.15) is 0 Å². The lowest BCUT2D eigenvalue weighted by Crippen LogP contribution is -2.40. The van der Waals surface area contributed by atoms with E-state index in [-0.39, 0.29) is 0 Å². The lowest BCUT2D eigenvalue weighted by Gasteiger charge is -2.26. The molecule has 0 aliphatic heterocycles. The van der Waals surface area contributed by atoms with Crippen LogP contribution in [0.25, 0.3) is 0 Å². The SMILES string of the molecule is CCC(CN(CC)CC(C)C)NC. The van der Waals surface area contributed by atoms with Gasteiger partial charge in [0.25, 0.3) is 0 Å². The molecule has 0 heterocycles. The number of nitrogens with zero attached hydrogens (tertiary/aromatic N) is 1. The van der Waals surface area contributed by atoms with Crippen LogP contribution in [0.3, 0.4) is 0 Å². The molecular formula is C11H26N2. The summed E-state index contributed by atoms with van der Waals surface area (Å²) in [5.41, 5.74) is 0. The summed E-state index contributed by atoms with van der Waals surface area (Å²) in [5.74, 6) is 0.773. The van der Waals surface area contributed by atoms with Crippen molar-refractivity contribution in [3.63, 3.8) is 0 Å². The molecule has 0 aromatic carbocycles. The summed E-state index contributed by atoms with van der Waals surface area (Å²) in [6.45, 7) is 12.6. The number of hydrogen-bond donors (Lipinski definition) is 1. The van der Waals surface area contributed by atoms with Gasteiger partial charge in [-0.15, -0.1) is 0 Å². The Balaban J connectivity index is 3.80. The van der Waals surface area contributed by atoms with Crippen molar-refractivity contribution in [2.75, 3.05) is 26.7 Å². The number of likely N-dealkylation sites (N-methyl/N-ethyl adjacent to an activating group) is 2. The third-order valence-electron chi connectivity index (χ3n) is 2.45. The van der Waals surface area contributed by atoms with Gasteiger partial charge in [-0.1, -0.05) is 27.7 Å². The molecule has 1 atom stereocenters. The molecule has 2 heteroatoms. The first-order valence-corrected chi connectivity index (χ1v) is 5.53.